The van der Waals surface area contributed by atoms with Crippen LogP contribution in [0.4, 0.5) is 0 Å². The predicted octanol–water partition coefficient (Wildman–Crippen LogP) is 4.35. The molecule has 1 saturated heterocycles. The summed E-state index contributed by atoms with van der Waals surface area (Å²) in [7, 11) is 2.13. The second kappa shape index (κ2) is 7.62. The number of aromatic nitrogens is 2. The van der Waals surface area contributed by atoms with Crippen molar-refractivity contribution in [3.63, 3.8) is 0 Å². The molecule has 1 aliphatic heterocycles. The number of piperazine rings is 1. The van der Waals surface area contributed by atoms with Gasteiger partial charge in [0.15, 0.2) is 0 Å². The van der Waals surface area contributed by atoms with Crippen LogP contribution >= 0.6 is 0 Å². The van der Waals surface area contributed by atoms with Crippen LogP contribution in [-0.4, -0.2) is 45.5 Å². The first-order valence-corrected chi connectivity index (χ1v) is 10.5. The molecule has 0 N–H and O–H groups in total. The monoisotopic (exact) mass is 384 g/mol. The molecule has 1 aliphatic rings. The number of benzene rings is 3. The Morgan fingerprint density at radius 3 is 2.28 bits per heavy atom. The molecule has 148 valence electrons. The predicted molar refractivity (Wildman–Crippen MR) is 120 cm³/mol. The lowest BCUT2D eigenvalue weighted by Crippen LogP contribution is -2.45. The summed E-state index contributed by atoms with van der Waals surface area (Å²) < 4.78 is 2.24. The molecule has 0 radical (unpaired) electrons. The van der Waals surface area contributed by atoms with Gasteiger partial charge in [-0.2, -0.15) is 0 Å². The van der Waals surface area contributed by atoms with Crippen LogP contribution in [0.5, 0.6) is 0 Å². The van der Waals surface area contributed by atoms with Crippen molar-refractivity contribution in [2.45, 2.75) is 20.0 Å². The Morgan fingerprint density at radius 1 is 0.793 bits per heavy atom. The van der Waals surface area contributed by atoms with Crippen molar-refractivity contribution in [3.8, 4) is 0 Å². The summed E-state index contributed by atoms with van der Waals surface area (Å²) in [6.45, 7) is 8.59. The van der Waals surface area contributed by atoms with Crippen LogP contribution in [0.2, 0.25) is 0 Å². The third kappa shape index (κ3) is 3.54. The molecule has 1 aromatic heterocycles. The van der Waals surface area contributed by atoms with Gasteiger partial charge in [0.05, 0.1) is 17.6 Å². The van der Waals surface area contributed by atoms with Crippen LogP contribution in [0.1, 0.15) is 17.0 Å². The fourth-order valence-electron chi connectivity index (χ4n) is 4.52. The van der Waals surface area contributed by atoms with Crippen molar-refractivity contribution in [2.24, 2.45) is 7.05 Å². The minimum Gasteiger partial charge on any atom is -0.330 e. The van der Waals surface area contributed by atoms with E-state index in [0.717, 1.165) is 50.6 Å². The molecule has 0 atom stereocenters. The Labute approximate surface area is 172 Å². The maximum atomic E-state index is 4.85. The Balaban J connectivity index is 1.26. The third-order valence-corrected chi connectivity index (χ3v) is 6.37. The van der Waals surface area contributed by atoms with Gasteiger partial charge in [-0.3, -0.25) is 9.80 Å². The topological polar surface area (TPSA) is 24.3 Å². The van der Waals surface area contributed by atoms with E-state index in [9.17, 15) is 0 Å². The molecule has 1 fully saturated rings. The Kier molecular flexibility index (Phi) is 4.82. The van der Waals surface area contributed by atoms with Crippen LogP contribution in [0.15, 0.2) is 60.7 Å². The number of hydrogen-bond acceptors (Lipinski definition) is 3. The highest BCUT2D eigenvalue weighted by atomic mass is 15.3. The summed E-state index contributed by atoms with van der Waals surface area (Å²) in [6, 6.07) is 21.7. The van der Waals surface area contributed by atoms with Gasteiger partial charge in [-0.05, 0) is 41.0 Å². The van der Waals surface area contributed by atoms with Crippen LogP contribution in [0.3, 0.4) is 0 Å². The summed E-state index contributed by atoms with van der Waals surface area (Å²) >= 11 is 0. The molecule has 4 heteroatoms. The quantitative estimate of drug-likeness (QED) is 0.523. The summed E-state index contributed by atoms with van der Waals surface area (Å²) in [5.74, 6) is 1.16. The van der Waals surface area contributed by atoms with E-state index >= 15 is 0 Å². The highest BCUT2D eigenvalue weighted by Gasteiger charge is 2.20. The molecule has 29 heavy (non-hydrogen) atoms. The maximum absolute atomic E-state index is 4.85. The molecule has 2 heterocycles. The van der Waals surface area contributed by atoms with Gasteiger partial charge in [0.2, 0.25) is 0 Å². The van der Waals surface area contributed by atoms with Crippen molar-refractivity contribution in [2.75, 3.05) is 26.2 Å². The van der Waals surface area contributed by atoms with E-state index in [0.29, 0.717) is 0 Å². The van der Waals surface area contributed by atoms with Crippen molar-refractivity contribution < 1.29 is 0 Å². The molecule has 0 spiro atoms. The Bertz CT molecular complexity index is 1150. The van der Waals surface area contributed by atoms with Crippen LogP contribution in [0.25, 0.3) is 21.8 Å². The van der Waals surface area contributed by atoms with Crippen molar-refractivity contribution in [1.82, 2.24) is 19.4 Å². The first-order chi connectivity index (χ1) is 14.2. The van der Waals surface area contributed by atoms with E-state index in [-0.39, 0.29) is 0 Å². The number of para-hydroxylation sites is 2. The van der Waals surface area contributed by atoms with Crippen molar-refractivity contribution in [1.29, 1.82) is 0 Å². The van der Waals surface area contributed by atoms with E-state index in [1.807, 2.05) is 0 Å². The second-order valence-electron chi connectivity index (χ2n) is 8.21. The minimum absolute atomic E-state index is 0.923. The van der Waals surface area contributed by atoms with Gasteiger partial charge in [0.1, 0.15) is 5.82 Å². The third-order valence-electron chi connectivity index (χ3n) is 6.37. The lowest BCUT2D eigenvalue weighted by Gasteiger charge is -2.35. The average Bonchev–Trinajstić information content (AvgIpc) is 3.07. The lowest BCUT2D eigenvalue weighted by atomic mass is 9.99. The molecule has 4 nitrogen and oxygen atoms in total. The SMILES string of the molecule is Cc1ccc2ccccc2c1CN1CCN(Cc2nc3ccccc3n2C)CC1. The molecular formula is C25H28N4. The smallest absolute Gasteiger partial charge is 0.123 e. The van der Waals surface area contributed by atoms with E-state index < -0.39 is 0 Å². The highest BCUT2D eigenvalue weighted by molar-refractivity contribution is 5.86. The lowest BCUT2D eigenvalue weighted by molar-refractivity contribution is 0.119. The first-order valence-electron chi connectivity index (χ1n) is 10.5. The highest BCUT2D eigenvalue weighted by Crippen LogP contribution is 2.24. The summed E-state index contributed by atoms with van der Waals surface area (Å²) in [4.78, 5) is 9.98. The fraction of sp³-hybridized carbons (Fsp3) is 0.320. The molecule has 0 amide bonds. The van der Waals surface area contributed by atoms with E-state index in [1.165, 1.54) is 27.4 Å². The van der Waals surface area contributed by atoms with Crippen LogP contribution < -0.4 is 0 Å². The zero-order valence-corrected chi connectivity index (χ0v) is 17.3. The molecule has 0 aliphatic carbocycles. The molecule has 5 rings (SSSR count). The van der Waals surface area contributed by atoms with E-state index in [1.54, 1.807) is 0 Å². The zero-order chi connectivity index (χ0) is 19.8. The van der Waals surface area contributed by atoms with Crippen LogP contribution in [-0.2, 0) is 20.1 Å². The maximum Gasteiger partial charge on any atom is 0.123 e. The number of hydrogen-bond donors (Lipinski definition) is 0. The summed E-state index contributed by atoms with van der Waals surface area (Å²) in [6.07, 6.45) is 0. The Morgan fingerprint density at radius 2 is 1.48 bits per heavy atom. The molecule has 4 aromatic rings. The molecule has 0 bridgehead atoms. The zero-order valence-electron chi connectivity index (χ0n) is 17.3. The van der Waals surface area contributed by atoms with Gasteiger partial charge >= 0.3 is 0 Å². The number of nitrogens with zero attached hydrogens (tertiary/aromatic N) is 4. The van der Waals surface area contributed by atoms with Crippen molar-refractivity contribution >= 4 is 21.8 Å². The number of aryl methyl sites for hydroxylation is 2. The summed E-state index contributed by atoms with van der Waals surface area (Å²) in [5, 5.41) is 2.74. The largest absolute Gasteiger partial charge is 0.330 e. The molecular weight excluding hydrogens is 356 g/mol. The number of imidazole rings is 1. The number of rotatable bonds is 4. The van der Waals surface area contributed by atoms with Gasteiger partial charge in [0, 0.05) is 39.8 Å². The van der Waals surface area contributed by atoms with Gasteiger partial charge in [0.25, 0.3) is 0 Å². The van der Waals surface area contributed by atoms with E-state index in [2.05, 4.69) is 89.0 Å². The van der Waals surface area contributed by atoms with Crippen LogP contribution in [0, 0.1) is 6.92 Å². The van der Waals surface area contributed by atoms with Gasteiger partial charge in [-0.15, -0.1) is 0 Å². The van der Waals surface area contributed by atoms with Gasteiger partial charge in [-0.25, -0.2) is 4.98 Å². The standard InChI is InChI=1S/C25H28N4/c1-19-11-12-20-7-3-4-8-21(20)22(19)17-28-13-15-29(16-14-28)18-25-26-23-9-5-6-10-24(23)27(25)2/h3-12H,13-18H2,1-2H3. The first kappa shape index (κ1) is 18.3. The average molecular weight is 385 g/mol. The molecule has 0 saturated carbocycles. The van der Waals surface area contributed by atoms with Crippen molar-refractivity contribution in [3.05, 3.63) is 77.6 Å². The normalized spacial score (nSPS) is 16.1. The second-order valence-corrected chi connectivity index (χ2v) is 8.21. The number of fused-ring (bicyclic) bond motifs is 2. The van der Waals surface area contributed by atoms with Gasteiger partial charge < -0.3 is 4.57 Å². The molecule has 3 aromatic carbocycles. The minimum atomic E-state index is 0.923. The van der Waals surface area contributed by atoms with E-state index in [4.69, 9.17) is 4.98 Å². The molecule has 0 unspecified atom stereocenters. The fourth-order valence-corrected chi connectivity index (χ4v) is 4.52. The summed E-state index contributed by atoms with van der Waals surface area (Å²) in [5.41, 5.74) is 5.18. The van der Waals surface area contributed by atoms with Gasteiger partial charge in [-0.1, -0.05) is 48.5 Å². The Hall–Kier alpha value is -2.69.